The summed E-state index contributed by atoms with van der Waals surface area (Å²) in [6.45, 7) is 5.20. The van der Waals surface area contributed by atoms with Gasteiger partial charge in [0, 0.05) is 17.3 Å². The standard InChI is InChI=1S/C16H20BrNOS/c1-4-18-14(10-13-6-8-16(17)20-13)12-5-7-15(19-3)11(2)9-12/h5-9,14,18H,4,10H2,1-3H3. The third-order valence-electron chi connectivity index (χ3n) is 3.31. The Hall–Kier alpha value is -0.840. The zero-order valence-corrected chi connectivity index (χ0v) is 14.5. The normalized spacial score (nSPS) is 12.4. The van der Waals surface area contributed by atoms with E-state index in [-0.39, 0.29) is 0 Å². The van der Waals surface area contributed by atoms with Crippen LogP contribution >= 0.6 is 27.3 Å². The van der Waals surface area contributed by atoms with Crippen LogP contribution in [0.2, 0.25) is 0 Å². The van der Waals surface area contributed by atoms with E-state index in [9.17, 15) is 0 Å². The summed E-state index contributed by atoms with van der Waals surface area (Å²) >= 11 is 5.33. The van der Waals surface area contributed by atoms with Gasteiger partial charge in [-0.05, 0) is 58.7 Å². The lowest BCUT2D eigenvalue weighted by molar-refractivity contribution is 0.411. The van der Waals surface area contributed by atoms with E-state index in [0.717, 1.165) is 18.7 Å². The summed E-state index contributed by atoms with van der Waals surface area (Å²) in [6, 6.07) is 11.1. The fraction of sp³-hybridized carbons (Fsp3) is 0.375. The Kier molecular flexibility index (Phi) is 5.64. The molecule has 0 aliphatic heterocycles. The average Bonchev–Trinajstić information content (AvgIpc) is 2.83. The minimum Gasteiger partial charge on any atom is -0.496 e. The first-order valence-corrected chi connectivity index (χ1v) is 8.37. The first-order valence-electron chi connectivity index (χ1n) is 6.76. The van der Waals surface area contributed by atoms with Crippen molar-refractivity contribution in [1.29, 1.82) is 0 Å². The van der Waals surface area contributed by atoms with Crippen LogP contribution < -0.4 is 10.1 Å². The quantitative estimate of drug-likeness (QED) is 0.810. The van der Waals surface area contributed by atoms with Gasteiger partial charge in [-0.2, -0.15) is 0 Å². The highest BCUT2D eigenvalue weighted by molar-refractivity contribution is 9.11. The lowest BCUT2D eigenvalue weighted by Gasteiger charge is -2.19. The van der Waals surface area contributed by atoms with Gasteiger partial charge in [0.1, 0.15) is 5.75 Å². The van der Waals surface area contributed by atoms with E-state index in [2.05, 4.69) is 65.4 Å². The summed E-state index contributed by atoms with van der Waals surface area (Å²) in [5.74, 6) is 0.947. The van der Waals surface area contributed by atoms with Crippen LogP contribution in [-0.4, -0.2) is 13.7 Å². The molecule has 1 aromatic carbocycles. The highest BCUT2D eigenvalue weighted by Crippen LogP contribution is 2.29. The SMILES string of the molecule is CCNC(Cc1ccc(Br)s1)c1ccc(OC)c(C)c1. The second-order valence-electron chi connectivity index (χ2n) is 4.75. The number of hydrogen-bond acceptors (Lipinski definition) is 3. The third-order valence-corrected chi connectivity index (χ3v) is 4.95. The molecular weight excluding hydrogens is 334 g/mol. The van der Waals surface area contributed by atoms with Gasteiger partial charge >= 0.3 is 0 Å². The van der Waals surface area contributed by atoms with Crippen molar-refractivity contribution in [1.82, 2.24) is 5.32 Å². The Morgan fingerprint density at radius 1 is 1.30 bits per heavy atom. The number of rotatable bonds is 6. The van der Waals surface area contributed by atoms with Crippen LogP contribution in [0.25, 0.3) is 0 Å². The van der Waals surface area contributed by atoms with Crippen LogP contribution in [0.1, 0.15) is 29.0 Å². The number of likely N-dealkylation sites (N-methyl/N-ethyl adjacent to an activating group) is 1. The van der Waals surface area contributed by atoms with Gasteiger partial charge in [0.15, 0.2) is 0 Å². The van der Waals surface area contributed by atoms with Gasteiger partial charge in [-0.25, -0.2) is 0 Å². The molecule has 0 saturated carbocycles. The van der Waals surface area contributed by atoms with E-state index in [1.807, 2.05) is 0 Å². The maximum absolute atomic E-state index is 5.34. The molecule has 0 aliphatic carbocycles. The molecule has 108 valence electrons. The molecule has 1 atom stereocenters. The molecule has 4 heteroatoms. The monoisotopic (exact) mass is 353 g/mol. The number of halogens is 1. The van der Waals surface area contributed by atoms with Crippen LogP contribution in [0.5, 0.6) is 5.75 Å². The van der Waals surface area contributed by atoms with Crippen molar-refractivity contribution in [2.24, 2.45) is 0 Å². The molecular formula is C16H20BrNOS. The van der Waals surface area contributed by atoms with E-state index >= 15 is 0 Å². The lowest BCUT2D eigenvalue weighted by Crippen LogP contribution is -2.22. The van der Waals surface area contributed by atoms with Crippen molar-refractivity contribution < 1.29 is 4.74 Å². The Labute approximate surface area is 133 Å². The third kappa shape index (κ3) is 3.84. The number of nitrogens with one attached hydrogen (secondary N) is 1. The Bertz CT molecular complexity index is 567. The van der Waals surface area contributed by atoms with Crippen LogP contribution in [0.3, 0.4) is 0 Å². The van der Waals surface area contributed by atoms with Gasteiger partial charge in [-0.15, -0.1) is 11.3 Å². The Morgan fingerprint density at radius 3 is 2.65 bits per heavy atom. The van der Waals surface area contributed by atoms with E-state index in [1.165, 1.54) is 19.8 Å². The van der Waals surface area contributed by atoms with Crippen molar-refractivity contribution in [3.63, 3.8) is 0 Å². The van der Waals surface area contributed by atoms with Crippen LogP contribution in [0.4, 0.5) is 0 Å². The number of thiophene rings is 1. The summed E-state index contributed by atoms with van der Waals surface area (Å²) in [5.41, 5.74) is 2.50. The zero-order chi connectivity index (χ0) is 14.5. The highest BCUT2D eigenvalue weighted by atomic mass is 79.9. The molecule has 2 nitrogen and oxygen atoms in total. The average molecular weight is 354 g/mol. The van der Waals surface area contributed by atoms with Gasteiger partial charge in [0.25, 0.3) is 0 Å². The number of ether oxygens (including phenoxy) is 1. The predicted molar refractivity (Wildman–Crippen MR) is 89.9 cm³/mol. The number of aryl methyl sites for hydroxylation is 1. The van der Waals surface area contributed by atoms with Gasteiger partial charge in [-0.1, -0.05) is 19.1 Å². The molecule has 0 radical (unpaired) electrons. The van der Waals surface area contributed by atoms with E-state index in [0.29, 0.717) is 6.04 Å². The first-order chi connectivity index (χ1) is 9.63. The Balaban J connectivity index is 2.21. The molecule has 0 saturated heterocycles. The predicted octanol–water partition coefficient (Wildman–Crippen LogP) is 4.72. The fourth-order valence-electron chi connectivity index (χ4n) is 2.34. The van der Waals surface area contributed by atoms with Gasteiger partial charge in [0.05, 0.1) is 10.9 Å². The molecule has 1 heterocycles. The smallest absolute Gasteiger partial charge is 0.121 e. The summed E-state index contributed by atoms with van der Waals surface area (Å²) < 4.78 is 6.53. The summed E-state index contributed by atoms with van der Waals surface area (Å²) in [7, 11) is 1.72. The number of benzene rings is 1. The maximum atomic E-state index is 5.34. The largest absolute Gasteiger partial charge is 0.496 e. The molecule has 1 aromatic heterocycles. The van der Waals surface area contributed by atoms with Gasteiger partial charge in [0.2, 0.25) is 0 Å². The van der Waals surface area contributed by atoms with Crippen LogP contribution in [-0.2, 0) is 6.42 Å². The molecule has 0 fully saturated rings. The fourth-order valence-corrected chi connectivity index (χ4v) is 3.86. The molecule has 2 rings (SSSR count). The Morgan fingerprint density at radius 2 is 2.10 bits per heavy atom. The van der Waals surface area contributed by atoms with Crippen LogP contribution in [0.15, 0.2) is 34.1 Å². The van der Waals surface area contributed by atoms with Gasteiger partial charge < -0.3 is 10.1 Å². The minimum atomic E-state index is 0.343. The summed E-state index contributed by atoms with van der Waals surface area (Å²) in [4.78, 5) is 1.39. The molecule has 0 amide bonds. The molecule has 1 N–H and O–H groups in total. The lowest BCUT2D eigenvalue weighted by atomic mass is 10.0. The van der Waals surface area contributed by atoms with Crippen molar-refractivity contribution in [3.8, 4) is 5.75 Å². The van der Waals surface area contributed by atoms with E-state index in [4.69, 9.17) is 4.74 Å². The topological polar surface area (TPSA) is 21.3 Å². The van der Waals surface area contributed by atoms with Crippen LogP contribution in [0, 0.1) is 6.92 Å². The van der Waals surface area contributed by atoms with Crippen molar-refractivity contribution in [2.45, 2.75) is 26.3 Å². The minimum absolute atomic E-state index is 0.343. The molecule has 0 bridgehead atoms. The van der Waals surface area contributed by atoms with E-state index < -0.39 is 0 Å². The highest BCUT2D eigenvalue weighted by Gasteiger charge is 2.13. The van der Waals surface area contributed by atoms with Crippen molar-refractivity contribution in [2.75, 3.05) is 13.7 Å². The van der Waals surface area contributed by atoms with E-state index in [1.54, 1.807) is 18.4 Å². The number of hydrogen-bond donors (Lipinski definition) is 1. The molecule has 2 aromatic rings. The summed E-state index contributed by atoms with van der Waals surface area (Å²) in [5, 5.41) is 3.57. The van der Waals surface area contributed by atoms with Crippen molar-refractivity contribution >= 4 is 27.3 Å². The molecule has 20 heavy (non-hydrogen) atoms. The molecule has 1 unspecified atom stereocenters. The van der Waals surface area contributed by atoms with Crippen molar-refractivity contribution in [3.05, 3.63) is 50.1 Å². The molecule has 0 aliphatic rings. The first kappa shape index (κ1) is 15.5. The number of methoxy groups -OCH3 is 1. The zero-order valence-electron chi connectivity index (χ0n) is 12.1. The molecule has 0 spiro atoms. The second-order valence-corrected chi connectivity index (χ2v) is 7.30. The van der Waals surface area contributed by atoms with Gasteiger partial charge in [-0.3, -0.25) is 0 Å². The maximum Gasteiger partial charge on any atom is 0.121 e. The summed E-state index contributed by atoms with van der Waals surface area (Å²) in [6.07, 6.45) is 1.01. The second kappa shape index (κ2) is 7.25.